The maximum atomic E-state index is 11.6. The molecule has 0 unspecified atom stereocenters. The summed E-state index contributed by atoms with van der Waals surface area (Å²) >= 11 is 0. The largest absolute Gasteiger partial charge is 0.326 e. The molecule has 0 saturated carbocycles. The monoisotopic (exact) mass is 142 g/mol. The summed E-state index contributed by atoms with van der Waals surface area (Å²) in [7, 11) is 0. The summed E-state index contributed by atoms with van der Waals surface area (Å²) in [5.74, 6) is 0. The van der Waals surface area contributed by atoms with E-state index in [1.165, 1.54) is 0 Å². The quantitative estimate of drug-likeness (QED) is 0.628. The summed E-state index contributed by atoms with van der Waals surface area (Å²) in [6.07, 6.45) is 4.34. The van der Waals surface area contributed by atoms with Crippen LogP contribution in [0.1, 0.15) is 6.42 Å². The van der Waals surface area contributed by atoms with Gasteiger partial charge in [-0.1, -0.05) is 0 Å². The first kappa shape index (κ1) is 7.12. The van der Waals surface area contributed by atoms with E-state index < -0.39 is 0 Å². The second-order valence-electron chi connectivity index (χ2n) is 2.04. The average molecular weight is 142 g/mol. The van der Waals surface area contributed by atoms with Gasteiger partial charge in [0.2, 0.25) is 0 Å². The molecule has 0 radical (unpaired) electrons. The Balaban J connectivity index is 2.15. The van der Waals surface area contributed by atoms with Crippen LogP contribution in [0.2, 0.25) is 0 Å². The fraction of sp³-hybridized carbons (Fsp3) is 0.429. The van der Waals surface area contributed by atoms with Crippen molar-refractivity contribution in [2.24, 2.45) is 0 Å². The molecule has 0 aliphatic carbocycles. The van der Waals surface area contributed by atoms with Crippen LogP contribution in [0, 0.1) is 0 Å². The number of nitrogens with one attached hydrogen (secondary N) is 1. The zero-order valence-corrected chi connectivity index (χ0v) is 5.76. The summed E-state index contributed by atoms with van der Waals surface area (Å²) in [6.45, 7) is 0.430. The highest BCUT2D eigenvalue weighted by molar-refractivity contribution is 4.92. The number of rotatable bonds is 4. The first-order valence-electron chi connectivity index (χ1n) is 3.36. The lowest BCUT2D eigenvalue weighted by molar-refractivity contribution is 0.476. The van der Waals surface area contributed by atoms with Crippen molar-refractivity contribution in [1.82, 2.24) is 4.68 Å². The van der Waals surface area contributed by atoms with E-state index in [2.05, 4.69) is 5.43 Å². The highest BCUT2D eigenvalue weighted by Crippen LogP contribution is 1.85. The van der Waals surface area contributed by atoms with Crippen molar-refractivity contribution in [2.75, 3.05) is 18.6 Å². The Bertz CT molecular complexity index is 160. The number of halogens is 1. The summed E-state index contributed by atoms with van der Waals surface area (Å²) in [5, 5.41) is 0. The van der Waals surface area contributed by atoms with Gasteiger partial charge < -0.3 is 5.43 Å². The molecule has 0 amide bonds. The standard InChI is InChI=1S/C7H11FN2/c8-4-3-5-9-10-6-1-2-7-10/h1-2,6-7,9H,3-5H2. The van der Waals surface area contributed by atoms with Gasteiger partial charge in [0.15, 0.2) is 0 Å². The van der Waals surface area contributed by atoms with Crippen LogP contribution in [0.4, 0.5) is 4.39 Å². The molecule has 10 heavy (non-hydrogen) atoms. The van der Waals surface area contributed by atoms with Crippen LogP contribution in [0.5, 0.6) is 0 Å². The Kier molecular flexibility index (Phi) is 2.80. The maximum Gasteiger partial charge on any atom is 0.0911 e. The zero-order chi connectivity index (χ0) is 7.23. The van der Waals surface area contributed by atoms with Gasteiger partial charge in [0.25, 0.3) is 0 Å². The summed E-state index contributed by atoms with van der Waals surface area (Å²) in [4.78, 5) is 0. The van der Waals surface area contributed by atoms with Crippen molar-refractivity contribution in [2.45, 2.75) is 6.42 Å². The van der Waals surface area contributed by atoms with Crippen LogP contribution >= 0.6 is 0 Å². The number of hydrogen-bond acceptors (Lipinski definition) is 1. The number of aromatic nitrogens is 1. The molecule has 1 N–H and O–H groups in total. The topological polar surface area (TPSA) is 17.0 Å². The van der Waals surface area contributed by atoms with Gasteiger partial charge >= 0.3 is 0 Å². The third-order valence-corrected chi connectivity index (χ3v) is 1.21. The van der Waals surface area contributed by atoms with Gasteiger partial charge in [-0.3, -0.25) is 9.07 Å². The van der Waals surface area contributed by atoms with Crippen LogP contribution in [-0.4, -0.2) is 17.9 Å². The summed E-state index contributed by atoms with van der Waals surface area (Å²) in [5.41, 5.74) is 3.00. The minimum absolute atomic E-state index is 0.256. The number of alkyl halides is 1. The molecule has 1 aromatic rings. The summed E-state index contributed by atoms with van der Waals surface area (Å²) in [6, 6.07) is 3.84. The average Bonchev–Trinajstić information content (AvgIpc) is 2.41. The maximum absolute atomic E-state index is 11.6. The molecule has 1 heterocycles. The fourth-order valence-electron chi connectivity index (χ4n) is 0.715. The molecule has 0 bridgehead atoms. The van der Waals surface area contributed by atoms with E-state index in [0.717, 1.165) is 0 Å². The molecule has 0 spiro atoms. The molecule has 56 valence electrons. The van der Waals surface area contributed by atoms with E-state index in [0.29, 0.717) is 13.0 Å². The normalized spacial score (nSPS) is 9.70. The van der Waals surface area contributed by atoms with Crippen LogP contribution in [0.15, 0.2) is 24.5 Å². The predicted molar refractivity (Wildman–Crippen MR) is 39.3 cm³/mol. The van der Waals surface area contributed by atoms with Crippen molar-refractivity contribution in [3.05, 3.63) is 24.5 Å². The van der Waals surface area contributed by atoms with Crippen molar-refractivity contribution < 1.29 is 4.39 Å². The van der Waals surface area contributed by atoms with Gasteiger partial charge in [0.05, 0.1) is 6.67 Å². The van der Waals surface area contributed by atoms with Crippen LogP contribution < -0.4 is 5.43 Å². The third kappa shape index (κ3) is 2.09. The third-order valence-electron chi connectivity index (χ3n) is 1.21. The van der Waals surface area contributed by atoms with Gasteiger partial charge in [0, 0.05) is 18.9 Å². The molecule has 1 rings (SSSR count). The van der Waals surface area contributed by atoms with Gasteiger partial charge in [-0.2, -0.15) is 0 Å². The predicted octanol–water partition coefficient (Wildman–Crippen LogP) is 1.39. The first-order valence-corrected chi connectivity index (χ1v) is 3.36. The smallest absolute Gasteiger partial charge is 0.0911 e. The molecular weight excluding hydrogens is 131 g/mol. The van der Waals surface area contributed by atoms with Crippen LogP contribution in [0.3, 0.4) is 0 Å². The Morgan fingerprint density at radius 2 is 2.00 bits per heavy atom. The number of hydrogen-bond donors (Lipinski definition) is 1. The lowest BCUT2D eigenvalue weighted by atomic mass is 10.5. The van der Waals surface area contributed by atoms with Crippen molar-refractivity contribution in [1.29, 1.82) is 0 Å². The van der Waals surface area contributed by atoms with E-state index in [1.807, 2.05) is 29.2 Å². The van der Waals surface area contributed by atoms with Gasteiger partial charge in [-0.05, 0) is 18.6 Å². The lowest BCUT2D eigenvalue weighted by Gasteiger charge is -2.04. The number of nitrogens with zero attached hydrogens (tertiary/aromatic N) is 1. The fourth-order valence-corrected chi connectivity index (χ4v) is 0.715. The second kappa shape index (κ2) is 3.93. The highest BCUT2D eigenvalue weighted by atomic mass is 19.1. The van der Waals surface area contributed by atoms with Crippen molar-refractivity contribution in [3.8, 4) is 0 Å². The molecule has 1 aromatic heterocycles. The molecule has 0 saturated heterocycles. The molecule has 0 fully saturated rings. The summed E-state index contributed by atoms with van der Waals surface area (Å²) < 4.78 is 13.4. The van der Waals surface area contributed by atoms with E-state index in [1.54, 1.807) is 0 Å². The Labute approximate surface area is 59.6 Å². The Hall–Kier alpha value is -0.990. The molecular formula is C7H11FN2. The van der Waals surface area contributed by atoms with E-state index >= 15 is 0 Å². The molecule has 0 aliphatic heterocycles. The minimum Gasteiger partial charge on any atom is -0.326 e. The van der Waals surface area contributed by atoms with Gasteiger partial charge in [-0.15, -0.1) is 0 Å². The minimum atomic E-state index is -0.256. The first-order chi connectivity index (χ1) is 4.93. The lowest BCUT2D eigenvalue weighted by Crippen LogP contribution is -2.13. The molecule has 3 heteroatoms. The van der Waals surface area contributed by atoms with E-state index in [-0.39, 0.29) is 6.67 Å². The SMILES string of the molecule is FCCCNn1cccc1. The van der Waals surface area contributed by atoms with Crippen LogP contribution in [0.25, 0.3) is 0 Å². The second-order valence-corrected chi connectivity index (χ2v) is 2.04. The van der Waals surface area contributed by atoms with Crippen molar-refractivity contribution >= 4 is 0 Å². The molecule has 0 aliphatic rings. The molecule has 2 nitrogen and oxygen atoms in total. The van der Waals surface area contributed by atoms with Gasteiger partial charge in [-0.25, -0.2) is 0 Å². The van der Waals surface area contributed by atoms with Crippen molar-refractivity contribution in [3.63, 3.8) is 0 Å². The Morgan fingerprint density at radius 3 is 2.60 bits per heavy atom. The van der Waals surface area contributed by atoms with E-state index in [9.17, 15) is 4.39 Å². The van der Waals surface area contributed by atoms with Crippen LogP contribution in [-0.2, 0) is 0 Å². The Morgan fingerprint density at radius 1 is 1.30 bits per heavy atom. The zero-order valence-electron chi connectivity index (χ0n) is 5.76. The molecule has 0 atom stereocenters. The highest BCUT2D eigenvalue weighted by Gasteiger charge is 1.85. The van der Waals surface area contributed by atoms with E-state index in [4.69, 9.17) is 0 Å². The molecule has 0 aromatic carbocycles. The van der Waals surface area contributed by atoms with Gasteiger partial charge in [0.1, 0.15) is 0 Å².